The first-order valence-corrected chi connectivity index (χ1v) is 21.8. The molecule has 0 bridgehead atoms. The monoisotopic (exact) mass is 815 g/mol. The molecule has 6 heteroatoms. The maximum Gasteiger partial charge on any atom is 0.236 e. The van der Waals surface area contributed by atoms with Gasteiger partial charge in [-0.05, 0) is 77.9 Å². The summed E-state index contributed by atoms with van der Waals surface area (Å²) in [4.78, 5) is 11.1. The average Bonchev–Trinajstić information content (AvgIpc) is 4.07. The van der Waals surface area contributed by atoms with Crippen LogP contribution in [0.4, 0.5) is 0 Å². The SMILES string of the molecule is c1ccc(-n2c3ccccc3c3cc(-c4nc(-n5c6ccccc6c6c7c8c(cc65)c5ccccc5n8-c5ccccc5-c5ccccc5-7)nc5c4oc4ccccc45)ccc32)cc1. The van der Waals surface area contributed by atoms with E-state index in [2.05, 4.69) is 202 Å². The van der Waals surface area contributed by atoms with Crippen molar-refractivity contribution < 1.29 is 4.42 Å². The fraction of sp³-hybridized carbons (Fsp3) is 0. The van der Waals surface area contributed by atoms with Gasteiger partial charge in [-0.1, -0.05) is 133 Å². The van der Waals surface area contributed by atoms with Crippen molar-refractivity contribution in [2.24, 2.45) is 0 Å². The van der Waals surface area contributed by atoms with Crippen LogP contribution in [-0.4, -0.2) is 23.7 Å². The minimum atomic E-state index is 0.590. The fourth-order valence-electron chi connectivity index (χ4n) is 11.0. The van der Waals surface area contributed by atoms with Gasteiger partial charge in [-0.15, -0.1) is 0 Å². The first-order valence-electron chi connectivity index (χ1n) is 21.8. The molecule has 1 aliphatic rings. The van der Waals surface area contributed by atoms with Crippen LogP contribution in [-0.2, 0) is 0 Å². The molecule has 296 valence electrons. The number of furan rings is 1. The molecular weight excluding hydrogens is 783 g/mol. The van der Waals surface area contributed by atoms with E-state index in [-0.39, 0.29) is 0 Å². The van der Waals surface area contributed by atoms with Crippen molar-refractivity contribution in [2.75, 3.05) is 0 Å². The van der Waals surface area contributed by atoms with E-state index in [1.165, 1.54) is 60.5 Å². The second-order valence-electron chi connectivity index (χ2n) is 16.9. The second-order valence-corrected chi connectivity index (χ2v) is 16.9. The topological polar surface area (TPSA) is 53.7 Å². The number of hydrogen-bond donors (Lipinski definition) is 0. The summed E-state index contributed by atoms with van der Waals surface area (Å²) in [6.45, 7) is 0. The summed E-state index contributed by atoms with van der Waals surface area (Å²) in [6.07, 6.45) is 0. The second kappa shape index (κ2) is 12.4. The van der Waals surface area contributed by atoms with E-state index in [1.807, 2.05) is 12.1 Å². The Labute approximate surface area is 365 Å². The Morgan fingerprint density at radius 1 is 0.391 bits per heavy atom. The molecule has 0 amide bonds. The van der Waals surface area contributed by atoms with Gasteiger partial charge in [0, 0.05) is 60.1 Å². The van der Waals surface area contributed by atoms with Crippen LogP contribution in [0.1, 0.15) is 0 Å². The minimum absolute atomic E-state index is 0.590. The number of nitrogens with zero attached hydrogens (tertiary/aromatic N) is 5. The van der Waals surface area contributed by atoms with Crippen LogP contribution >= 0.6 is 0 Å². The predicted octanol–water partition coefficient (Wildman–Crippen LogP) is 15.0. The lowest BCUT2D eigenvalue weighted by molar-refractivity contribution is 0.666. The number of fused-ring (bicyclic) bond motifs is 18. The molecule has 0 radical (unpaired) electrons. The highest BCUT2D eigenvalue weighted by Crippen LogP contribution is 2.52. The van der Waals surface area contributed by atoms with Gasteiger partial charge in [0.1, 0.15) is 16.8 Å². The van der Waals surface area contributed by atoms with Gasteiger partial charge >= 0.3 is 0 Å². The van der Waals surface area contributed by atoms with Crippen molar-refractivity contribution in [2.45, 2.75) is 0 Å². The number of benzene rings is 9. The molecule has 0 N–H and O–H groups in total. The molecule has 1 aliphatic heterocycles. The van der Waals surface area contributed by atoms with Gasteiger partial charge in [-0.25, -0.2) is 9.97 Å². The summed E-state index contributed by atoms with van der Waals surface area (Å²) in [5.74, 6) is 0.590. The van der Waals surface area contributed by atoms with Crippen LogP contribution in [0.15, 0.2) is 205 Å². The Hall–Kier alpha value is -8.74. The number of rotatable bonds is 3. The molecular formula is C58H33N5O. The predicted molar refractivity (Wildman–Crippen MR) is 262 cm³/mol. The molecule has 0 spiro atoms. The van der Waals surface area contributed by atoms with E-state index in [0.717, 1.165) is 66.3 Å². The van der Waals surface area contributed by atoms with E-state index in [9.17, 15) is 0 Å². The zero-order chi connectivity index (χ0) is 41.6. The van der Waals surface area contributed by atoms with Gasteiger partial charge in [-0.2, -0.15) is 0 Å². The number of aromatic nitrogens is 5. The average molecular weight is 816 g/mol. The highest BCUT2D eigenvalue weighted by Gasteiger charge is 2.30. The maximum absolute atomic E-state index is 6.75. The summed E-state index contributed by atoms with van der Waals surface area (Å²) >= 11 is 0. The van der Waals surface area contributed by atoms with Crippen LogP contribution in [0.5, 0.6) is 0 Å². The summed E-state index contributed by atoms with van der Waals surface area (Å²) in [7, 11) is 0. The lowest BCUT2D eigenvalue weighted by atomic mass is 9.91. The van der Waals surface area contributed by atoms with E-state index >= 15 is 0 Å². The smallest absolute Gasteiger partial charge is 0.236 e. The largest absolute Gasteiger partial charge is 0.452 e. The highest BCUT2D eigenvalue weighted by molar-refractivity contribution is 6.28. The number of hydrogen-bond acceptors (Lipinski definition) is 3. The highest BCUT2D eigenvalue weighted by atomic mass is 16.3. The molecule has 0 saturated carbocycles. The third-order valence-corrected chi connectivity index (χ3v) is 13.6. The molecule has 64 heavy (non-hydrogen) atoms. The van der Waals surface area contributed by atoms with Crippen molar-refractivity contribution >= 4 is 87.5 Å². The first kappa shape index (κ1) is 33.9. The zero-order valence-corrected chi connectivity index (χ0v) is 34.2. The Kier molecular flexibility index (Phi) is 6.59. The first-order chi connectivity index (χ1) is 31.8. The third-order valence-electron chi connectivity index (χ3n) is 13.6. The Morgan fingerprint density at radius 3 is 1.81 bits per heavy atom. The lowest BCUT2D eigenvalue weighted by Gasteiger charge is -2.12. The summed E-state index contributed by atoms with van der Waals surface area (Å²) in [6, 6.07) is 71.8. The van der Waals surface area contributed by atoms with E-state index < -0.39 is 0 Å². The van der Waals surface area contributed by atoms with Gasteiger partial charge < -0.3 is 13.6 Å². The van der Waals surface area contributed by atoms with E-state index in [4.69, 9.17) is 14.4 Å². The number of para-hydroxylation sites is 6. The zero-order valence-electron chi connectivity index (χ0n) is 34.2. The fourth-order valence-corrected chi connectivity index (χ4v) is 11.0. The Bertz CT molecular complexity index is 4320. The van der Waals surface area contributed by atoms with Crippen LogP contribution in [0.25, 0.3) is 138 Å². The van der Waals surface area contributed by atoms with Crippen LogP contribution < -0.4 is 0 Å². The quantitative estimate of drug-likeness (QED) is 0.178. The van der Waals surface area contributed by atoms with Gasteiger partial charge in [0.25, 0.3) is 0 Å². The molecule has 6 nitrogen and oxygen atoms in total. The molecule has 15 rings (SSSR count). The van der Waals surface area contributed by atoms with Gasteiger partial charge in [-0.3, -0.25) is 4.57 Å². The third kappa shape index (κ3) is 4.38. The maximum atomic E-state index is 6.75. The van der Waals surface area contributed by atoms with E-state index in [1.54, 1.807) is 0 Å². The molecule has 9 aromatic carbocycles. The molecule has 0 unspecified atom stereocenters. The molecule has 0 fully saturated rings. The minimum Gasteiger partial charge on any atom is -0.452 e. The van der Waals surface area contributed by atoms with Gasteiger partial charge in [0.15, 0.2) is 5.58 Å². The van der Waals surface area contributed by atoms with E-state index in [0.29, 0.717) is 11.5 Å². The summed E-state index contributed by atoms with van der Waals surface area (Å²) in [5.41, 5.74) is 17.8. The molecule has 0 atom stereocenters. The van der Waals surface area contributed by atoms with Crippen molar-refractivity contribution in [1.29, 1.82) is 0 Å². The van der Waals surface area contributed by atoms with Crippen molar-refractivity contribution in [3.63, 3.8) is 0 Å². The van der Waals surface area contributed by atoms with Crippen molar-refractivity contribution in [3.05, 3.63) is 200 Å². The molecule has 0 aliphatic carbocycles. The van der Waals surface area contributed by atoms with Crippen LogP contribution in [0.3, 0.4) is 0 Å². The summed E-state index contributed by atoms with van der Waals surface area (Å²) in [5, 5.41) is 7.97. The van der Waals surface area contributed by atoms with Crippen LogP contribution in [0, 0.1) is 0 Å². The molecule has 6 heterocycles. The molecule has 5 aromatic heterocycles. The van der Waals surface area contributed by atoms with Gasteiger partial charge in [0.05, 0.1) is 38.8 Å². The normalized spacial score (nSPS) is 12.4. The van der Waals surface area contributed by atoms with Crippen LogP contribution in [0.2, 0.25) is 0 Å². The lowest BCUT2D eigenvalue weighted by Crippen LogP contribution is -2.03. The standard InChI is InChI=1S/C58H33N5O/c1-2-16-35(17-3-1)61-45-25-11-7-20-38(45)43-32-34(30-31-49(43)61)54-57-55(42-24-10-15-29-51(42)64-57)60-58(59-54)63-48-28-14-9-23-41(48)52-50(63)33-44-39-21-8-13-27-47(39)62-46-26-12-6-19-37(46)36-18-4-5-22-40(36)53(52)56(44)62/h1-33H. The van der Waals surface area contributed by atoms with Crippen molar-refractivity contribution in [1.82, 2.24) is 23.7 Å². The molecule has 0 saturated heterocycles. The van der Waals surface area contributed by atoms with Crippen molar-refractivity contribution in [3.8, 4) is 50.8 Å². The Balaban J connectivity index is 1.08. The summed E-state index contributed by atoms with van der Waals surface area (Å²) < 4.78 is 13.9. The Morgan fingerprint density at radius 2 is 1.00 bits per heavy atom. The molecule has 14 aromatic rings. The van der Waals surface area contributed by atoms with Gasteiger partial charge in [0.2, 0.25) is 5.95 Å².